The second-order valence-electron chi connectivity index (χ2n) is 6.34. The van der Waals surface area contributed by atoms with Gasteiger partial charge in [-0.2, -0.15) is 0 Å². The average Bonchev–Trinajstić information content (AvgIpc) is 3.06. The van der Waals surface area contributed by atoms with Crippen LogP contribution in [0.15, 0.2) is 60.3 Å². The lowest BCUT2D eigenvalue weighted by Gasteiger charge is -2.26. The van der Waals surface area contributed by atoms with E-state index in [1.165, 1.54) is 17.5 Å². The highest BCUT2D eigenvalue weighted by Gasteiger charge is 2.40. The van der Waals surface area contributed by atoms with Crippen LogP contribution in [-0.4, -0.2) is 25.0 Å². The van der Waals surface area contributed by atoms with E-state index < -0.39 is 0 Å². The topological polar surface area (TPSA) is 15.3 Å². The second-order valence-corrected chi connectivity index (χ2v) is 6.34. The van der Waals surface area contributed by atoms with Crippen LogP contribution in [-0.2, 0) is 0 Å². The minimum absolute atomic E-state index is 0.486. The first kappa shape index (κ1) is 12.9. The molecule has 4 unspecified atom stereocenters. The number of fused-ring (bicyclic) bond motifs is 2. The summed E-state index contributed by atoms with van der Waals surface area (Å²) in [5.41, 5.74) is 4.57. The molecule has 0 saturated carbocycles. The lowest BCUT2D eigenvalue weighted by Crippen LogP contribution is -2.27. The Morgan fingerprint density at radius 1 is 1.10 bits per heavy atom. The van der Waals surface area contributed by atoms with Gasteiger partial charge in [0.25, 0.3) is 0 Å². The molecule has 2 aliphatic carbocycles. The number of likely N-dealkylation sites (N-methyl/N-ethyl adjacent to an activating group) is 1. The van der Waals surface area contributed by atoms with Gasteiger partial charge < -0.3 is 10.2 Å². The Labute approximate surface area is 126 Å². The van der Waals surface area contributed by atoms with Crippen LogP contribution in [0, 0.1) is 5.92 Å². The van der Waals surface area contributed by atoms with Gasteiger partial charge in [-0.1, -0.05) is 48.6 Å². The third-order valence-electron chi connectivity index (χ3n) is 5.28. The van der Waals surface area contributed by atoms with E-state index in [4.69, 9.17) is 0 Å². The van der Waals surface area contributed by atoms with E-state index in [1.807, 2.05) is 0 Å². The van der Waals surface area contributed by atoms with E-state index in [9.17, 15) is 0 Å². The van der Waals surface area contributed by atoms with Crippen LogP contribution in [0.4, 0.5) is 0 Å². The summed E-state index contributed by atoms with van der Waals surface area (Å²) in [7, 11) is 4.27. The Kier molecular flexibility index (Phi) is 3.00. The molecule has 0 aromatic heterocycles. The summed E-state index contributed by atoms with van der Waals surface area (Å²) in [5, 5.41) is 3.48. The molecule has 1 aromatic rings. The van der Waals surface area contributed by atoms with Gasteiger partial charge in [-0.3, -0.25) is 0 Å². The number of nitrogens with zero attached hydrogens (tertiary/aromatic N) is 1. The highest BCUT2D eigenvalue weighted by molar-refractivity contribution is 5.47. The quantitative estimate of drug-likeness (QED) is 0.892. The fourth-order valence-electron chi connectivity index (χ4n) is 4.25. The predicted octanol–water partition coefficient (Wildman–Crippen LogP) is 3.37. The second kappa shape index (κ2) is 4.88. The Balaban J connectivity index is 1.73. The summed E-state index contributed by atoms with van der Waals surface area (Å²) in [6.07, 6.45) is 12.6. The van der Waals surface area contributed by atoms with Gasteiger partial charge in [-0.05, 0) is 36.4 Å². The minimum Gasteiger partial charge on any atom is -0.373 e. The average molecular weight is 278 g/mol. The first-order valence-corrected chi connectivity index (χ1v) is 7.84. The van der Waals surface area contributed by atoms with E-state index in [-0.39, 0.29) is 0 Å². The SMILES string of the molecule is CNC1CC(C2=CN(C)C3C=CC=CC23)c2ccccc21. The van der Waals surface area contributed by atoms with Crippen LogP contribution in [0.25, 0.3) is 0 Å². The van der Waals surface area contributed by atoms with Crippen molar-refractivity contribution < 1.29 is 0 Å². The molecule has 1 heterocycles. The van der Waals surface area contributed by atoms with Crippen molar-refractivity contribution in [1.82, 2.24) is 10.2 Å². The van der Waals surface area contributed by atoms with Crippen molar-refractivity contribution >= 4 is 0 Å². The van der Waals surface area contributed by atoms with E-state index in [1.54, 1.807) is 5.57 Å². The predicted molar refractivity (Wildman–Crippen MR) is 87.0 cm³/mol. The number of benzene rings is 1. The maximum atomic E-state index is 3.48. The third-order valence-corrected chi connectivity index (χ3v) is 5.28. The van der Waals surface area contributed by atoms with E-state index >= 15 is 0 Å². The van der Waals surface area contributed by atoms with E-state index in [0.29, 0.717) is 23.9 Å². The van der Waals surface area contributed by atoms with Gasteiger partial charge in [0.05, 0.1) is 6.04 Å². The smallest absolute Gasteiger partial charge is 0.0568 e. The van der Waals surface area contributed by atoms with Crippen LogP contribution in [0.1, 0.15) is 29.5 Å². The number of allylic oxidation sites excluding steroid dienone is 2. The molecule has 4 rings (SSSR count). The Bertz CT molecular complexity index is 641. The molecule has 4 atom stereocenters. The molecule has 2 heteroatoms. The summed E-state index contributed by atoms with van der Waals surface area (Å²) in [4.78, 5) is 2.37. The Morgan fingerprint density at radius 2 is 1.86 bits per heavy atom. The molecule has 1 N–H and O–H groups in total. The Morgan fingerprint density at radius 3 is 2.67 bits per heavy atom. The zero-order valence-electron chi connectivity index (χ0n) is 12.7. The van der Waals surface area contributed by atoms with Gasteiger partial charge in [0.2, 0.25) is 0 Å². The third kappa shape index (κ3) is 1.90. The molecule has 0 amide bonds. The van der Waals surface area contributed by atoms with E-state index in [0.717, 1.165) is 0 Å². The molecule has 108 valence electrons. The number of rotatable bonds is 2. The molecular weight excluding hydrogens is 256 g/mol. The summed E-state index contributed by atoms with van der Waals surface area (Å²) < 4.78 is 0. The molecule has 1 aliphatic heterocycles. The van der Waals surface area contributed by atoms with Gasteiger partial charge in [-0.15, -0.1) is 0 Å². The van der Waals surface area contributed by atoms with Gasteiger partial charge in [0.15, 0.2) is 0 Å². The molecule has 2 nitrogen and oxygen atoms in total. The van der Waals surface area contributed by atoms with Crippen molar-refractivity contribution in [2.75, 3.05) is 14.1 Å². The zero-order valence-corrected chi connectivity index (χ0v) is 12.7. The maximum Gasteiger partial charge on any atom is 0.0568 e. The molecule has 3 aliphatic rings. The minimum atomic E-state index is 0.486. The standard InChI is InChI=1S/C19H22N2/c1-20-18-11-16(13-7-3-4-8-14(13)18)17-12-21(2)19-10-6-5-9-15(17)19/h3-10,12,15-16,18-20H,11H2,1-2H3. The molecule has 0 bridgehead atoms. The maximum absolute atomic E-state index is 3.48. The summed E-state index contributed by atoms with van der Waals surface area (Å²) in [6.45, 7) is 0. The number of hydrogen-bond acceptors (Lipinski definition) is 2. The van der Waals surface area contributed by atoms with Crippen LogP contribution >= 0.6 is 0 Å². The highest BCUT2D eigenvalue weighted by Crippen LogP contribution is 2.49. The summed E-state index contributed by atoms with van der Waals surface area (Å²) >= 11 is 0. The van der Waals surface area contributed by atoms with Crippen molar-refractivity contribution in [2.24, 2.45) is 5.92 Å². The van der Waals surface area contributed by atoms with Crippen molar-refractivity contribution in [3.8, 4) is 0 Å². The molecule has 1 aromatic carbocycles. The zero-order chi connectivity index (χ0) is 14.4. The van der Waals surface area contributed by atoms with Crippen molar-refractivity contribution in [2.45, 2.75) is 24.4 Å². The fourth-order valence-corrected chi connectivity index (χ4v) is 4.25. The van der Waals surface area contributed by atoms with Gasteiger partial charge >= 0.3 is 0 Å². The largest absolute Gasteiger partial charge is 0.373 e. The lowest BCUT2D eigenvalue weighted by atomic mass is 9.81. The first-order chi connectivity index (χ1) is 10.3. The van der Waals surface area contributed by atoms with Crippen LogP contribution in [0.5, 0.6) is 0 Å². The van der Waals surface area contributed by atoms with Crippen molar-refractivity contribution in [1.29, 1.82) is 0 Å². The lowest BCUT2D eigenvalue weighted by molar-refractivity contribution is 0.376. The number of hydrogen-bond donors (Lipinski definition) is 1. The van der Waals surface area contributed by atoms with E-state index in [2.05, 4.69) is 79.1 Å². The molecular formula is C19H22N2. The summed E-state index contributed by atoms with van der Waals surface area (Å²) in [6, 6.07) is 9.92. The Hall–Kier alpha value is -1.80. The van der Waals surface area contributed by atoms with Gasteiger partial charge in [0, 0.05) is 24.9 Å². The fraction of sp³-hybridized carbons (Fsp3) is 0.368. The first-order valence-electron chi connectivity index (χ1n) is 7.84. The summed E-state index contributed by atoms with van der Waals surface area (Å²) in [5.74, 6) is 1.08. The van der Waals surface area contributed by atoms with Crippen LogP contribution in [0.2, 0.25) is 0 Å². The van der Waals surface area contributed by atoms with Crippen LogP contribution in [0.3, 0.4) is 0 Å². The van der Waals surface area contributed by atoms with Crippen molar-refractivity contribution in [3.63, 3.8) is 0 Å². The number of nitrogens with one attached hydrogen (secondary N) is 1. The monoisotopic (exact) mass is 278 g/mol. The van der Waals surface area contributed by atoms with Gasteiger partial charge in [-0.25, -0.2) is 0 Å². The molecule has 0 spiro atoms. The molecule has 21 heavy (non-hydrogen) atoms. The normalized spacial score (nSPS) is 33.0. The van der Waals surface area contributed by atoms with Crippen molar-refractivity contribution in [3.05, 3.63) is 71.5 Å². The molecule has 0 saturated heterocycles. The van der Waals surface area contributed by atoms with Crippen LogP contribution < -0.4 is 5.32 Å². The highest BCUT2D eigenvalue weighted by atomic mass is 15.1. The van der Waals surface area contributed by atoms with Gasteiger partial charge in [0.1, 0.15) is 0 Å². The molecule has 0 fully saturated rings. The molecule has 0 radical (unpaired) electrons.